The quantitative estimate of drug-likeness (QED) is 0.0269. The largest absolute Gasteiger partial charge is 0.466 e. The summed E-state index contributed by atoms with van der Waals surface area (Å²) in [4.78, 5) is 21.6. The van der Waals surface area contributed by atoms with Gasteiger partial charge in [0.1, 0.15) is 0 Å². The zero-order valence-electron chi connectivity index (χ0n) is 38.1. The van der Waals surface area contributed by atoms with E-state index in [0.717, 1.165) is 19.6 Å². The fourth-order valence-corrected chi connectivity index (χ4v) is 6.51. The average Bonchev–Trinajstić information content (AvgIpc) is 3.17. The summed E-state index contributed by atoms with van der Waals surface area (Å²) < 4.78 is 8.88. The van der Waals surface area contributed by atoms with Crippen LogP contribution in [0.1, 0.15) is 252 Å². The van der Waals surface area contributed by atoms with Crippen molar-refractivity contribution in [3.63, 3.8) is 0 Å². The summed E-state index contributed by atoms with van der Waals surface area (Å²) in [5, 5.41) is 9.44. The zero-order chi connectivity index (χ0) is 42.3. The highest BCUT2D eigenvalue weighted by Crippen LogP contribution is 2.25. The minimum absolute atomic E-state index is 1.10. The van der Waals surface area contributed by atoms with E-state index >= 15 is 0 Å². The monoisotopic (exact) mass is 816 g/mol. The van der Waals surface area contributed by atoms with Gasteiger partial charge in [-0.1, -0.05) is 252 Å². The highest BCUT2D eigenvalue weighted by atomic mass is 31.2. The van der Waals surface area contributed by atoms with Gasteiger partial charge in [0.05, 0.1) is 0 Å². The first-order valence-electron chi connectivity index (χ1n) is 24.1. The first-order valence-corrected chi connectivity index (χ1v) is 25.6. The molecular weight excluding hydrogens is 714 g/mol. The molecule has 0 aromatic heterocycles. The third-order valence-electron chi connectivity index (χ3n) is 9.96. The Hall–Kier alpha value is -1.27. The van der Waals surface area contributed by atoms with Crippen molar-refractivity contribution in [3.8, 4) is 0 Å². The predicted molar refractivity (Wildman–Crippen MR) is 252 cm³/mol. The van der Waals surface area contributed by atoms with E-state index in [1.54, 1.807) is 18.6 Å². The van der Waals surface area contributed by atoms with Crippen LogP contribution < -0.4 is 16.0 Å². The summed E-state index contributed by atoms with van der Waals surface area (Å²) >= 11 is 0. The van der Waals surface area contributed by atoms with E-state index in [0.29, 0.717) is 0 Å². The Balaban J connectivity index is -0.000000340. The number of hydrogen-bond donors (Lipinski definition) is 6. The highest BCUT2D eigenvalue weighted by Gasteiger charge is 2.00. The lowest BCUT2D eigenvalue weighted by atomic mass is 10.1. The van der Waals surface area contributed by atoms with Crippen molar-refractivity contribution in [1.82, 2.24) is 16.0 Å². The smallest absolute Gasteiger partial charge is 0.391 e. The topological polar surface area (TPSA) is 114 Å². The second-order valence-electron chi connectivity index (χ2n) is 15.7. The summed E-state index contributed by atoms with van der Waals surface area (Å²) in [5.74, 6) is 0. The number of unbranched alkanes of at least 4 members (excludes halogenated alkanes) is 33. The molecule has 0 amide bonds. The second kappa shape index (κ2) is 60.4. The molecule has 0 fully saturated rings. The fourth-order valence-electron chi connectivity index (χ4n) is 6.51. The lowest BCUT2D eigenvalue weighted by molar-refractivity contribution is 0.275. The summed E-state index contributed by atoms with van der Waals surface area (Å²) in [6.45, 7) is 21.1. The third-order valence-corrected chi connectivity index (χ3v) is 9.96. The van der Waals surface area contributed by atoms with E-state index in [1.807, 2.05) is 0 Å². The van der Waals surface area contributed by atoms with Crippen molar-refractivity contribution < 1.29 is 19.2 Å². The zero-order valence-corrected chi connectivity index (χ0v) is 39.0. The van der Waals surface area contributed by atoms with Crippen LogP contribution in [0.3, 0.4) is 0 Å². The summed E-state index contributed by atoms with van der Waals surface area (Å²) in [6.07, 6.45) is 56.5. The van der Waals surface area contributed by atoms with Crippen LogP contribution in [0.5, 0.6) is 0 Å². The molecule has 0 saturated carbocycles. The van der Waals surface area contributed by atoms with Gasteiger partial charge in [-0.05, 0) is 37.9 Å². The van der Waals surface area contributed by atoms with Crippen molar-refractivity contribution in [1.29, 1.82) is 0 Å². The maximum absolute atomic E-state index is 8.88. The Morgan fingerprint density at radius 3 is 0.571 bits per heavy atom. The van der Waals surface area contributed by atoms with Gasteiger partial charge in [0.25, 0.3) is 0 Å². The van der Waals surface area contributed by atoms with Crippen molar-refractivity contribution >= 4 is 7.82 Å². The molecule has 56 heavy (non-hydrogen) atoms. The van der Waals surface area contributed by atoms with Crippen LogP contribution in [0.25, 0.3) is 0 Å². The molecule has 0 atom stereocenters. The van der Waals surface area contributed by atoms with Crippen molar-refractivity contribution in [2.24, 2.45) is 0 Å². The number of phosphoric acid groups is 1. The van der Waals surface area contributed by atoms with Crippen LogP contribution in [-0.2, 0) is 4.57 Å². The second-order valence-corrected chi connectivity index (χ2v) is 16.7. The molecule has 0 aliphatic rings. The Kier molecular flexibility index (Phi) is 66.2. The molecule has 0 bridgehead atoms. The number of rotatable bonds is 42. The van der Waals surface area contributed by atoms with Gasteiger partial charge in [-0.2, -0.15) is 0 Å². The van der Waals surface area contributed by atoms with Crippen molar-refractivity contribution in [2.45, 2.75) is 252 Å². The van der Waals surface area contributed by atoms with E-state index < -0.39 is 7.82 Å². The van der Waals surface area contributed by atoms with Crippen LogP contribution >= 0.6 is 7.82 Å². The Morgan fingerprint density at radius 2 is 0.446 bits per heavy atom. The lowest BCUT2D eigenvalue weighted by Gasteiger charge is -2.03. The predicted octanol–water partition coefficient (Wildman–Crippen LogP) is 15.3. The molecule has 338 valence electrons. The van der Waals surface area contributed by atoms with Crippen LogP contribution in [0, 0.1) is 0 Å². The minimum atomic E-state index is -4.64. The lowest BCUT2D eigenvalue weighted by Crippen LogP contribution is -2.05. The van der Waals surface area contributed by atoms with Crippen LogP contribution in [0.4, 0.5) is 0 Å². The fraction of sp³-hybridized carbons (Fsp3) is 0.875. The van der Waals surface area contributed by atoms with Gasteiger partial charge in [0.15, 0.2) is 0 Å². The van der Waals surface area contributed by atoms with Crippen LogP contribution in [-0.4, -0.2) is 34.3 Å². The molecule has 0 aromatic carbocycles. The standard InChI is InChI=1S/3C16H33N.H3O4P/c3*1-3-5-6-7-8-9-10-11-12-13-14-15-16-17-4-2;1-5(2,3)4/h3*4,17H,2-3,5-16H2,1H3;(H3,1,2,3,4). The molecule has 0 aliphatic heterocycles. The molecule has 0 aromatic rings. The van der Waals surface area contributed by atoms with E-state index in [2.05, 4.69) is 56.5 Å². The molecule has 0 rings (SSSR count). The molecule has 0 radical (unpaired) electrons. The Bertz CT molecular complexity index is 661. The molecule has 6 N–H and O–H groups in total. The molecule has 8 heteroatoms. The summed E-state index contributed by atoms with van der Waals surface area (Å²) in [5.41, 5.74) is 0. The Labute approximate surface area is 351 Å². The van der Waals surface area contributed by atoms with Crippen LogP contribution in [0.2, 0.25) is 0 Å². The molecule has 0 unspecified atom stereocenters. The van der Waals surface area contributed by atoms with Gasteiger partial charge < -0.3 is 30.6 Å². The molecule has 0 aliphatic carbocycles. The third kappa shape index (κ3) is 85.1. The minimum Gasteiger partial charge on any atom is -0.391 e. The first kappa shape index (κ1) is 61.4. The molecule has 0 saturated heterocycles. The molecule has 7 nitrogen and oxygen atoms in total. The van der Waals surface area contributed by atoms with E-state index in [-0.39, 0.29) is 0 Å². The van der Waals surface area contributed by atoms with E-state index in [9.17, 15) is 0 Å². The summed E-state index contributed by atoms with van der Waals surface area (Å²) in [7, 11) is -4.64. The number of nitrogens with one attached hydrogen (secondary N) is 3. The van der Waals surface area contributed by atoms with Gasteiger partial charge in [-0.25, -0.2) is 4.57 Å². The maximum atomic E-state index is 8.88. The van der Waals surface area contributed by atoms with Crippen molar-refractivity contribution in [2.75, 3.05) is 19.6 Å². The van der Waals surface area contributed by atoms with E-state index in [4.69, 9.17) is 19.2 Å². The average molecular weight is 816 g/mol. The normalized spacial score (nSPS) is 10.5. The highest BCUT2D eigenvalue weighted by molar-refractivity contribution is 7.45. The molecule has 0 heterocycles. The van der Waals surface area contributed by atoms with Gasteiger partial charge >= 0.3 is 7.82 Å². The van der Waals surface area contributed by atoms with Gasteiger partial charge in [-0.3, -0.25) is 0 Å². The first-order chi connectivity index (χ1) is 27.2. The summed E-state index contributed by atoms with van der Waals surface area (Å²) in [6, 6.07) is 0. The van der Waals surface area contributed by atoms with Gasteiger partial charge in [-0.15, -0.1) is 0 Å². The molecule has 0 spiro atoms. The molecular formula is C48H102N3O4P. The number of hydrogen-bond acceptors (Lipinski definition) is 4. The van der Waals surface area contributed by atoms with Crippen molar-refractivity contribution in [3.05, 3.63) is 38.3 Å². The van der Waals surface area contributed by atoms with E-state index in [1.165, 1.54) is 231 Å². The SMILES string of the molecule is C=CNCCCCCCCCCCCCCC.C=CNCCCCCCCCCCCCCC.C=CNCCCCCCCCCCCCCC.O=P(O)(O)O. The van der Waals surface area contributed by atoms with Gasteiger partial charge in [0.2, 0.25) is 0 Å². The maximum Gasteiger partial charge on any atom is 0.466 e. The Morgan fingerprint density at radius 1 is 0.321 bits per heavy atom. The van der Waals surface area contributed by atoms with Crippen LogP contribution in [0.15, 0.2) is 38.3 Å². The van der Waals surface area contributed by atoms with Gasteiger partial charge in [0, 0.05) is 19.6 Å².